The Kier molecular flexibility index (Phi) is 5.43. The van der Waals surface area contributed by atoms with E-state index in [9.17, 15) is 14.4 Å². The van der Waals surface area contributed by atoms with Gasteiger partial charge in [0.25, 0.3) is 5.91 Å². The van der Waals surface area contributed by atoms with Crippen LogP contribution in [0.15, 0.2) is 42.5 Å². The minimum atomic E-state index is -0.389. The normalized spacial score (nSPS) is 20.2. The van der Waals surface area contributed by atoms with Gasteiger partial charge in [0.2, 0.25) is 5.91 Å². The Bertz CT molecular complexity index is 991. The summed E-state index contributed by atoms with van der Waals surface area (Å²) in [4.78, 5) is 43.1. The van der Waals surface area contributed by atoms with E-state index in [4.69, 9.17) is 0 Å². The molecule has 0 spiro atoms. The van der Waals surface area contributed by atoms with Gasteiger partial charge in [-0.25, -0.2) is 4.90 Å². The summed E-state index contributed by atoms with van der Waals surface area (Å²) in [5, 5.41) is 0. The maximum atomic E-state index is 13.1. The van der Waals surface area contributed by atoms with Gasteiger partial charge >= 0.3 is 0 Å². The van der Waals surface area contributed by atoms with Gasteiger partial charge in [0.05, 0.1) is 18.2 Å². The molecule has 30 heavy (non-hydrogen) atoms. The quantitative estimate of drug-likeness (QED) is 0.578. The molecule has 0 unspecified atom stereocenters. The van der Waals surface area contributed by atoms with Crippen molar-refractivity contribution in [2.24, 2.45) is 0 Å². The number of piperazine rings is 1. The van der Waals surface area contributed by atoms with Crippen LogP contribution in [0, 0.1) is 13.8 Å². The Labute approximate surface area is 177 Å². The molecule has 2 amide bonds. The highest BCUT2D eigenvalue weighted by molar-refractivity contribution is 6.22. The number of imide groups is 1. The largest absolute Gasteiger partial charge is 0.369 e. The van der Waals surface area contributed by atoms with E-state index in [0.29, 0.717) is 11.3 Å². The lowest BCUT2D eigenvalue weighted by molar-refractivity contribution is -0.123. The van der Waals surface area contributed by atoms with Crippen molar-refractivity contribution in [3.05, 3.63) is 59.2 Å². The van der Waals surface area contributed by atoms with Crippen molar-refractivity contribution in [2.45, 2.75) is 33.2 Å². The minimum absolute atomic E-state index is 0.0594. The molecule has 0 N–H and O–H groups in total. The molecule has 6 heteroatoms. The number of carbonyl (C=O) groups is 3. The van der Waals surface area contributed by atoms with E-state index in [2.05, 4.69) is 9.80 Å². The number of nitrogens with zero attached hydrogens (tertiary/aromatic N) is 3. The lowest BCUT2D eigenvalue weighted by Crippen LogP contribution is -2.52. The van der Waals surface area contributed by atoms with Gasteiger partial charge < -0.3 is 4.90 Å². The zero-order chi connectivity index (χ0) is 21.4. The van der Waals surface area contributed by atoms with E-state index in [-0.39, 0.29) is 30.1 Å². The molecule has 0 aromatic heterocycles. The maximum absolute atomic E-state index is 13.1. The standard InChI is InChI=1S/C24H27N3O3/c1-16-5-4-6-21(17(16)2)27-23(29)15-22(24(27)30)26-13-11-25(12-14-26)20-9-7-19(8-10-20)18(3)28/h4-10,22H,11-15H2,1-3H3/t22-/m0/s1. The third-order valence-corrected chi connectivity index (χ3v) is 6.33. The molecule has 6 nitrogen and oxygen atoms in total. The van der Waals surface area contributed by atoms with Crippen LogP contribution in [0.4, 0.5) is 11.4 Å². The number of carbonyl (C=O) groups excluding carboxylic acids is 3. The first-order valence-corrected chi connectivity index (χ1v) is 10.4. The van der Waals surface area contributed by atoms with Crippen LogP contribution in [0.25, 0.3) is 0 Å². The fourth-order valence-electron chi connectivity index (χ4n) is 4.33. The second-order valence-electron chi connectivity index (χ2n) is 8.13. The van der Waals surface area contributed by atoms with Crippen LogP contribution < -0.4 is 9.80 Å². The fraction of sp³-hybridized carbons (Fsp3) is 0.375. The molecule has 2 aliphatic rings. The van der Waals surface area contributed by atoms with Gasteiger partial charge in [0.1, 0.15) is 0 Å². The average molecular weight is 405 g/mol. The smallest absolute Gasteiger partial charge is 0.251 e. The monoisotopic (exact) mass is 405 g/mol. The van der Waals surface area contributed by atoms with Crippen molar-refractivity contribution in [1.82, 2.24) is 4.90 Å². The molecular formula is C24H27N3O3. The molecule has 4 rings (SSSR count). The van der Waals surface area contributed by atoms with Gasteiger partial charge in [-0.05, 0) is 62.2 Å². The first-order chi connectivity index (χ1) is 14.4. The molecule has 2 aromatic carbocycles. The number of anilines is 2. The number of hydrogen-bond acceptors (Lipinski definition) is 5. The molecule has 2 heterocycles. The number of aryl methyl sites for hydroxylation is 1. The van der Waals surface area contributed by atoms with Crippen LogP contribution in [0.1, 0.15) is 34.8 Å². The second-order valence-corrected chi connectivity index (χ2v) is 8.13. The first-order valence-electron chi connectivity index (χ1n) is 10.4. The summed E-state index contributed by atoms with van der Waals surface area (Å²) in [5.74, 6) is -0.182. The maximum Gasteiger partial charge on any atom is 0.251 e. The van der Waals surface area contributed by atoms with Crippen molar-refractivity contribution < 1.29 is 14.4 Å². The van der Waals surface area contributed by atoms with Crippen molar-refractivity contribution in [1.29, 1.82) is 0 Å². The SMILES string of the molecule is CC(=O)c1ccc(N2CCN([C@H]3CC(=O)N(c4cccc(C)c4C)C3=O)CC2)cc1. The Morgan fingerprint density at radius 2 is 1.60 bits per heavy atom. The highest BCUT2D eigenvalue weighted by atomic mass is 16.2. The molecule has 2 aliphatic heterocycles. The van der Waals surface area contributed by atoms with Gasteiger partial charge in [0.15, 0.2) is 5.78 Å². The molecule has 2 saturated heterocycles. The number of hydrogen-bond donors (Lipinski definition) is 0. The van der Waals surface area contributed by atoms with Gasteiger partial charge in [0, 0.05) is 37.4 Å². The number of rotatable bonds is 4. The summed E-state index contributed by atoms with van der Waals surface area (Å²) >= 11 is 0. The number of benzene rings is 2. The summed E-state index contributed by atoms with van der Waals surface area (Å²) in [6.07, 6.45) is 0.236. The number of ketones is 1. The van der Waals surface area contributed by atoms with Crippen LogP contribution in [0.2, 0.25) is 0 Å². The predicted molar refractivity (Wildman–Crippen MR) is 117 cm³/mol. The molecular weight excluding hydrogens is 378 g/mol. The third-order valence-electron chi connectivity index (χ3n) is 6.33. The number of Topliss-reactive ketones (excluding diaryl/α,β-unsaturated/α-hetero) is 1. The van der Waals surface area contributed by atoms with Gasteiger partial charge in [-0.2, -0.15) is 0 Å². The van der Waals surface area contributed by atoms with Gasteiger partial charge in [-0.1, -0.05) is 12.1 Å². The van der Waals surface area contributed by atoms with Crippen molar-refractivity contribution in [3.8, 4) is 0 Å². The minimum Gasteiger partial charge on any atom is -0.369 e. The van der Waals surface area contributed by atoms with Crippen LogP contribution in [0.5, 0.6) is 0 Å². The van der Waals surface area contributed by atoms with Crippen molar-refractivity contribution >= 4 is 29.0 Å². The highest BCUT2D eigenvalue weighted by Gasteiger charge is 2.43. The Morgan fingerprint density at radius 1 is 0.933 bits per heavy atom. The molecule has 0 bridgehead atoms. The Morgan fingerprint density at radius 3 is 2.23 bits per heavy atom. The Balaban J connectivity index is 1.44. The van der Waals surface area contributed by atoms with Crippen molar-refractivity contribution in [3.63, 3.8) is 0 Å². The molecule has 0 radical (unpaired) electrons. The summed E-state index contributed by atoms with van der Waals surface area (Å²) in [6.45, 7) is 8.51. The molecule has 0 aliphatic carbocycles. The average Bonchev–Trinajstić information content (AvgIpc) is 3.04. The molecule has 0 saturated carbocycles. The van der Waals surface area contributed by atoms with Gasteiger partial charge in [-0.15, -0.1) is 0 Å². The molecule has 1 atom stereocenters. The van der Waals surface area contributed by atoms with E-state index in [1.807, 2.05) is 56.3 Å². The lowest BCUT2D eigenvalue weighted by Gasteiger charge is -2.38. The number of amides is 2. The zero-order valence-electron chi connectivity index (χ0n) is 17.7. The fourth-order valence-corrected chi connectivity index (χ4v) is 4.33. The van der Waals surface area contributed by atoms with Crippen LogP contribution >= 0.6 is 0 Å². The summed E-state index contributed by atoms with van der Waals surface area (Å²) in [7, 11) is 0. The van der Waals surface area contributed by atoms with Crippen molar-refractivity contribution in [2.75, 3.05) is 36.0 Å². The second kappa shape index (κ2) is 8.03. The van der Waals surface area contributed by atoms with Crippen LogP contribution in [-0.4, -0.2) is 54.7 Å². The Hall–Kier alpha value is -2.99. The van der Waals surface area contributed by atoms with E-state index < -0.39 is 0 Å². The molecule has 2 aromatic rings. The van der Waals surface area contributed by atoms with E-state index >= 15 is 0 Å². The van der Waals surface area contributed by atoms with E-state index in [0.717, 1.165) is 43.0 Å². The topological polar surface area (TPSA) is 60.9 Å². The predicted octanol–water partition coefficient (Wildman–Crippen LogP) is 2.96. The van der Waals surface area contributed by atoms with Crippen LogP contribution in [-0.2, 0) is 9.59 Å². The molecule has 2 fully saturated rings. The summed E-state index contributed by atoms with van der Waals surface area (Å²) in [6, 6.07) is 13.0. The third kappa shape index (κ3) is 3.63. The van der Waals surface area contributed by atoms with E-state index in [1.165, 1.54) is 4.90 Å². The summed E-state index contributed by atoms with van der Waals surface area (Å²) in [5.41, 5.74) is 4.53. The van der Waals surface area contributed by atoms with Crippen LogP contribution in [0.3, 0.4) is 0 Å². The first kappa shape index (κ1) is 20.3. The highest BCUT2D eigenvalue weighted by Crippen LogP contribution is 2.30. The molecule has 156 valence electrons. The summed E-state index contributed by atoms with van der Waals surface area (Å²) < 4.78 is 0. The van der Waals surface area contributed by atoms with E-state index in [1.54, 1.807) is 6.92 Å². The lowest BCUT2D eigenvalue weighted by atomic mass is 10.1. The van der Waals surface area contributed by atoms with Gasteiger partial charge in [-0.3, -0.25) is 19.3 Å². The zero-order valence-corrected chi connectivity index (χ0v) is 17.7.